The lowest BCUT2D eigenvalue weighted by Gasteiger charge is -2.21. The molecule has 0 nitrogen and oxygen atoms in total. The Kier molecular flexibility index (Phi) is 1.28. The second kappa shape index (κ2) is 4.37. The van der Waals surface area contributed by atoms with Crippen LogP contribution in [0.5, 0.6) is 0 Å². The zero-order chi connectivity index (χ0) is 20.0. The molecule has 0 heteroatoms. The van der Waals surface area contributed by atoms with Gasteiger partial charge in [0.15, 0.2) is 0 Å². The standard InChI is InChI=1S/C17H20/c1-13-10-15(14-8-6-5-7-9-14)12-16(11-13)17(2,3)4/h5-12H,1-4H3/i2D3,3D3,4D3. The smallest absolute Gasteiger partial charge is 0.0239 e. The van der Waals surface area contributed by atoms with Crippen molar-refractivity contribution in [2.24, 2.45) is 0 Å². The van der Waals surface area contributed by atoms with Crippen molar-refractivity contribution in [3.8, 4) is 11.1 Å². The van der Waals surface area contributed by atoms with Gasteiger partial charge in [-0.2, -0.15) is 0 Å². The van der Waals surface area contributed by atoms with Crippen LogP contribution in [0.15, 0.2) is 48.5 Å². The summed E-state index contributed by atoms with van der Waals surface area (Å²) in [7, 11) is 0. The van der Waals surface area contributed by atoms with Crippen molar-refractivity contribution in [3.63, 3.8) is 0 Å². The Labute approximate surface area is 117 Å². The minimum Gasteiger partial charge on any atom is -0.0622 e. The molecule has 0 saturated heterocycles. The van der Waals surface area contributed by atoms with E-state index in [1.54, 1.807) is 37.3 Å². The number of benzene rings is 2. The number of rotatable bonds is 1. The molecule has 0 aliphatic carbocycles. The molecule has 0 atom stereocenters. The van der Waals surface area contributed by atoms with Crippen LogP contribution in [0.2, 0.25) is 0 Å². The maximum Gasteiger partial charge on any atom is 0.0239 e. The van der Waals surface area contributed by atoms with Crippen LogP contribution >= 0.6 is 0 Å². The van der Waals surface area contributed by atoms with E-state index in [1.165, 1.54) is 12.1 Å². The van der Waals surface area contributed by atoms with Gasteiger partial charge in [-0.05, 0) is 29.0 Å². The van der Waals surface area contributed by atoms with Crippen LogP contribution in [0.3, 0.4) is 0 Å². The Bertz CT molecular complexity index is 732. The Morgan fingerprint density at radius 1 is 0.882 bits per heavy atom. The highest BCUT2D eigenvalue weighted by Crippen LogP contribution is 2.28. The quantitative estimate of drug-likeness (QED) is 0.653. The van der Waals surface area contributed by atoms with Crippen LogP contribution in [0, 0.1) is 6.92 Å². The number of hydrogen-bond acceptors (Lipinski definition) is 0. The van der Waals surface area contributed by atoms with Crippen LogP contribution in [0.25, 0.3) is 11.1 Å². The third-order valence-corrected chi connectivity index (χ3v) is 2.62. The summed E-state index contributed by atoms with van der Waals surface area (Å²) in [5.74, 6) is 0. The van der Waals surface area contributed by atoms with E-state index in [9.17, 15) is 0 Å². The highest BCUT2D eigenvalue weighted by molar-refractivity contribution is 5.65. The molecule has 2 rings (SSSR count). The van der Waals surface area contributed by atoms with E-state index in [0.29, 0.717) is 11.1 Å². The van der Waals surface area contributed by atoms with Gasteiger partial charge in [-0.15, -0.1) is 0 Å². The molecule has 0 bridgehead atoms. The summed E-state index contributed by atoms with van der Waals surface area (Å²) in [5, 5.41) is 0. The summed E-state index contributed by atoms with van der Waals surface area (Å²) in [6.45, 7) is -8.10. The minimum atomic E-state index is -3.26. The van der Waals surface area contributed by atoms with Crippen LogP contribution in [-0.4, -0.2) is 0 Å². The first kappa shape index (κ1) is 4.97. The minimum absolute atomic E-state index is 0.226. The molecule has 17 heavy (non-hydrogen) atoms. The fraction of sp³-hybridized carbons (Fsp3) is 0.294. The molecule has 0 unspecified atom stereocenters. The van der Waals surface area contributed by atoms with Gasteiger partial charge in [0.05, 0.1) is 0 Å². The van der Waals surface area contributed by atoms with Gasteiger partial charge in [0.25, 0.3) is 0 Å². The van der Waals surface area contributed by atoms with E-state index < -0.39 is 26.0 Å². The Hall–Kier alpha value is -1.56. The summed E-state index contributed by atoms with van der Waals surface area (Å²) in [6, 6.07) is 13.5. The summed E-state index contributed by atoms with van der Waals surface area (Å²) >= 11 is 0. The van der Waals surface area contributed by atoms with Crippen molar-refractivity contribution in [2.45, 2.75) is 32.9 Å². The molecule has 88 valence electrons. The SMILES string of the molecule is [2H]C([2H])([2H])C(c1cc(C)cc(-c2ccccc2)c1)(C([2H])([2H])[2H])C([2H])([2H])[2H]. The van der Waals surface area contributed by atoms with E-state index in [1.807, 2.05) is 6.07 Å². The van der Waals surface area contributed by atoms with Gasteiger partial charge in [0.2, 0.25) is 0 Å². The first-order chi connectivity index (χ1) is 11.7. The largest absolute Gasteiger partial charge is 0.0622 e. The van der Waals surface area contributed by atoms with Gasteiger partial charge in [0, 0.05) is 12.3 Å². The summed E-state index contributed by atoms with van der Waals surface area (Å²) in [4.78, 5) is 0. The lowest BCUT2D eigenvalue weighted by Crippen LogP contribution is -2.11. The summed E-state index contributed by atoms with van der Waals surface area (Å²) in [5.41, 5.74) is -1.31. The fourth-order valence-electron chi connectivity index (χ4n) is 1.80. The van der Waals surface area contributed by atoms with Crippen molar-refractivity contribution < 1.29 is 12.3 Å². The average Bonchev–Trinajstić information content (AvgIpc) is 2.43. The van der Waals surface area contributed by atoms with E-state index >= 15 is 0 Å². The first-order valence-electron chi connectivity index (χ1n) is 9.89. The van der Waals surface area contributed by atoms with Crippen molar-refractivity contribution in [1.29, 1.82) is 0 Å². The van der Waals surface area contributed by atoms with Crippen molar-refractivity contribution in [3.05, 3.63) is 59.7 Å². The third-order valence-electron chi connectivity index (χ3n) is 2.62. The predicted octanol–water partition coefficient (Wildman–Crippen LogP) is 4.96. The Balaban J connectivity index is 2.89. The van der Waals surface area contributed by atoms with Crippen molar-refractivity contribution in [2.75, 3.05) is 0 Å². The molecule has 0 radical (unpaired) electrons. The average molecular weight is 233 g/mol. The van der Waals surface area contributed by atoms with Gasteiger partial charge in [-0.25, -0.2) is 0 Å². The lowest BCUT2D eigenvalue weighted by molar-refractivity contribution is 0.590. The normalized spacial score (nSPS) is 21.6. The van der Waals surface area contributed by atoms with Gasteiger partial charge in [-0.1, -0.05) is 74.7 Å². The van der Waals surface area contributed by atoms with Gasteiger partial charge >= 0.3 is 0 Å². The summed E-state index contributed by atoms with van der Waals surface area (Å²) in [6.07, 6.45) is 0. The molecular weight excluding hydrogens is 204 g/mol. The molecule has 0 amide bonds. The molecular formula is C17H20. The topological polar surface area (TPSA) is 0 Å². The van der Waals surface area contributed by atoms with Gasteiger partial charge in [0.1, 0.15) is 0 Å². The molecule has 0 heterocycles. The molecule has 0 aliphatic rings. The molecule has 0 spiro atoms. The summed E-state index contributed by atoms with van der Waals surface area (Å²) < 4.78 is 70.6. The zero-order valence-electron chi connectivity index (χ0n) is 18.6. The molecule has 0 fully saturated rings. The molecule has 0 aromatic heterocycles. The van der Waals surface area contributed by atoms with Crippen LogP contribution in [-0.2, 0) is 5.41 Å². The van der Waals surface area contributed by atoms with E-state index in [2.05, 4.69) is 0 Å². The lowest BCUT2D eigenvalue weighted by atomic mass is 9.84. The number of hydrogen-bond donors (Lipinski definition) is 0. The third kappa shape index (κ3) is 2.76. The Morgan fingerprint density at radius 2 is 1.59 bits per heavy atom. The first-order valence-corrected chi connectivity index (χ1v) is 5.39. The van der Waals surface area contributed by atoms with E-state index in [-0.39, 0.29) is 5.56 Å². The highest BCUT2D eigenvalue weighted by Gasteiger charge is 2.14. The van der Waals surface area contributed by atoms with Crippen LogP contribution < -0.4 is 0 Å². The monoisotopic (exact) mass is 233 g/mol. The maximum absolute atomic E-state index is 7.84. The van der Waals surface area contributed by atoms with Gasteiger partial charge < -0.3 is 0 Å². The van der Waals surface area contributed by atoms with Crippen LogP contribution in [0.4, 0.5) is 0 Å². The molecule has 2 aromatic rings. The van der Waals surface area contributed by atoms with E-state index in [0.717, 1.165) is 5.56 Å². The molecule has 2 aromatic carbocycles. The van der Waals surface area contributed by atoms with Crippen molar-refractivity contribution >= 4 is 0 Å². The number of aryl methyl sites for hydroxylation is 1. The second-order valence-electron chi connectivity index (χ2n) is 4.20. The Morgan fingerprint density at radius 3 is 2.24 bits per heavy atom. The van der Waals surface area contributed by atoms with Gasteiger partial charge in [-0.3, -0.25) is 0 Å². The predicted molar refractivity (Wildman–Crippen MR) is 75.3 cm³/mol. The molecule has 0 aliphatic heterocycles. The molecule has 0 N–H and O–H groups in total. The maximum atomic E-state index is 7.84. The second-order valence-corrected chi connectivity index (χ2v) is 4.20. The van der Waals surface area contributed by atoms with E-state index in [4.69, 9.17) is 12.3 Å². The van der Waals surface area contributed by atoms with Crippen LogP contribution in [0.1, 0.15) is 44.0 Å². The fourth-order valence-corrected chi connectivity index (χ4v) is 1.80. The zero-order valence-corrected chi connectivity index (χ0v) is 9.62. The van der Waals surface area contributed by atoms with Crippen molar-refractivity contribution in [1.82, 2.24) is 0 Å². The molecule has 0 saturated carbocycles. The highest BCUT2D eigenvalue weighted by atomic mass is 14.2.